The number of benzene rings is 1. The molecule has 0 fully saturated rings. The number of hydrogen-bond acceptors (Lipinski definition) is 3. The van der Waals surface area contributed by atoms with Crippen LogP contribution in [0.4, 0.5) is 0 Å². The number of esters is 1. The molecule has 0 spiro atoms. The van der Waals surface area contributed by atoms with Gasteiger partial charge in [-0.2, -0.15) is 0 Å². The van der Waals surface area contributed by atoms with Crippen molar-refractivity contribution in [1.29, 1.82) is 0 Å². The Morgan fingerprint density at radius 2 is 1.85 bits per heavy atom. The molecule has 0 N–H and O–H groups in total. The van der Waals surface area contributed by atoms with Crippen molar-refractivity contribution >= 4 is 5.97 Å². The van der Waals surface area contributed by atoms with E-state index in [9.17, 15) is 4.79 Å². The SMILES string of the molecule is C=C=C(Oc1ccc(COC(=O)CC)cc1)C(C)(C)C. The third-order valence-corrected chi connectivity index (χ3v) is 2.67. The highest BCUT2D eigenvalue weighted by atomic mass is 16.5. The van der Waals surface area contributed by atoms with Crippen molar-refractivity contribution < 1.29 is 14.3 Å². The molecule has 20 heavy (non-hydrogen) atoms. The van der Waals surface area contributed by atoms with Gasteiger partial charge in [0.2, 0.25) is 0 Å². The van der Waals surface area contributed by atoms with E-state index in [1.165, 1.54) is 0 Å². The lowest BCUT2D eigenvalue weighted by atomic mass is 9.94. The Hall–Kier alpha value is -1.99. The summed E-state index contributed by atoms with van der Waals surface area (Å²) in [5, 5.41) is 0. The molecule has 1 aromatic rings. The molecule has 0 radical (unpaired) electrons. The monoisotopic (exact) mass is 274 g/mol. The Morgan fingerprint density at radius 3 is 2.30 bits per heavy atom. The van der Waals surface area contributed by atoms with Crippen LogP contribution in [0, 0.1) is 5.41 Å². The molecule has 0 atom stereocenters. The zero-order valence-corrected chi connectivity index (χ0v) is 12.7. The first kappa shape index (κ1) is 16.1. The van der Waals surface area contributed by atoms with Gasteiger partial charge in [0.1, 0.15) is 12.4 Å². The van der Waals surface area contributed by atoms with Gasteiger partial charge in [-0.15, -0.1) is 0 Å². The van der Waals surface area contributed by atoms with Crippen molar-refractivity contribution in [2.75, 3.05) is 0 Å². The van der Waals surface area contributed by atoms with Gasteiger partial charge >= 0.3 is 5.97 Å². The second-order valence-electron chi connectivity index (χ2n) is 5.52. The third-order valence-electron chi connectivity index (χ3n) is 2.67. The molecule has 1 rings (SSSR count). The molecule has 3 heteroatoms. The lowest BCUT2D eigenvalue weighted by molar-refractivity contribution is -0.144. The normalized spacial score (nSPS) is 10.6. The Kier molecular flexibility index (Phi) is 5.60. The van der Waals surface area contributed by atoms with Gasteiger partial charge in [0.15, 0.2) is 5.76 Å². The first-order chi connectivity index (χ1) is 9.36. The molecule has 0 amide bonds. The average Bonchev–Trinajstić information content (AvgIpc) is 2.42. The summed E-state index contributed by atoms with van der Waals surface area (Å²) in [4.78, 5) is 11.1. The Morgan fingerprint density at radius 1 is 1.25 bits per heavy atom. The summed E-state index contributed by atoms with van der Waals surface area (Å²) in [6.45, 7) is 11.8. The highest BCUT2D eigenvalue weighted by molar-refractivity contribution is 5.68. The summed E-state index contributed by atoms with van der Waals surface area (Å²) < 4.78 is 10.8. The summed E-state index contributed by atoms with van der Waals surface area (Å²) in [6.07, 6.45) is 0.389. The standard InChI is InChI=1S/C17H22O3/c1-6-15(17(3,4)5)20-14-10-8-13(9-11-14)12-19-16(18)7-2/h8-11H,1,7,12H2,2-5H3. The van der Waals surface area contributed by atoms with E-state index in [1.807, 2.05) is 45.0 Å². The number of ether oxygens (including phenoxy) is 2. The van der Waals surface area contributed by atoms with E-state index in [1.54, 1.807) is 6.92 Å². The Balaban J connectivity index is 2.67. The Labute approximate surface area is 120 Å². The molecule has 0 aliphatic carbocycles. The van der Waals surface area contributed by atoms with Gasteiger partial charge in [0.25, 0.3) is 0 Å². The molecule has 3 nitrogen and oxygen atoms in total. The van der Waals surface area contributed by atoms with Crippen molar-refractivity contribution in [3.05, 3.63) is 47.9 Å². The Bertz CT molecular complexity index is 500. The number of carbonyl (C=O) groups excluding carboxylic acids is 1. The minimum absolute atomic E-state index is 0.142. The van der Waals surface area contributed by atoms with Crippen LogP contribution in [0.3, 0.4) is 0 Å². The highest BCUT2D eigenvalue weighted by Gasteiger charge is 2.19. The molecule has 0 bridgehead atoms. The molecule has 0 aromatic heterocycles. The van der Waals surface area contributed by atoms with Gasteiger partial charge in [0.05, 0.1) is 0 Å². The molecule has 0 aliphatic rings. The topological polar surface area (TPSA) is 35.5 Å². The van der Waals surface area contributed by atoms with Crippen molar-refractivity contribution in [3.8, 4) is 5.75 Å². The predicted octanol–water partition coefficient (Wildman–Crippen LogP) is 4.23. The second-order valence-corrected chi connectivity index (χ2v) is 5.52. The highest BCUT2D eigenvalue weighted by Crippen LogP contribution is 2.27. The van der Waals surface area contributed by atoms with Gasteiger partial charge in [-0.3, -0.25) is 4.79 Å². The third kappa shape index (κ3) is 4.94. The van der Waals surface area contributed by atoms with Crippen molar-refractivity contribution in [2.24, 2.45) is 5.41 Å². The van der Waals surface area contributed by atoms with Crippen LogP contribution in [0.5, 0.6) is 5.75 Å². The minimum Gasteiger partial charge on any atom is -0.461 e. The van der Waals surface area contributed by atoms with Crippen molar-refractivity contribution in [2.45, 2.75) is 40.7 Å². The summed E-state index contributed by atoms with van der Waals surface area (Å²) >= 11 is 0. The van der Waals surface area contributed by atoms with Gasteiger partial charge in [-0.25, -0.2) is 0 Å². The van der Waals surface area contributed by atoms with E-state index >= 15 is 0 Å². The zero-order valence-electron chi connectivity index (χ0n) is 12.7. The summed E-state index contributed by atoms with van der Waals surface area (Å²) in [6, 6.07) is 7.44. The maximum absolute atomic E-state index is 11.1. The lowest BCUT2D eigenvalue weighted by Crippen LogP contribution is -2.14. The molecule has 0 saturated heterocycles. The number of rotatable bonds is 5. The first-order valence-corrected chi connectivity index (χ1v) is 6.69. The zero-order chi connectivity index (χ0) is 15.2. The molecular formula is C17H22O3. The van der Waals surface area contributed by atoms with Crippen molar-refractivity contribution in [1.82, 2.24) is 0 Å². The lowest BCUT2D eigenvalue weighted by Gasteiger charge is -2.21. The molecule has 0 heterocycles. The van der Waals surface area contributed by atoms with Crippen LogP contribution in [-0.2, 0) is 16.1 Å². The minimum atomic E-state index is -0.199. The summed E-state index contributed by atoms with van der Waals surface area (Å²) in [5.41, 5.74) is 3.62. The van der Waals surface area contributed by atoms with Gasteiger partial charge < -0.3 is 9.47 Å². The summed E-state index contributed by atoms with van der Waals surface area (Å²) in [7, 11) is 0. The fraction of sp³-hybridized carbons (Fsp3) is 0.412. The molecule has 0 unspecified atom stereocenters. The van der Waals surface area contributed by atoms with E-state index in [0.29, 0.717) is 12.2 Å². The van der Waals surface area contributed by atoms with Crippen molar-refractivity contribution in [3.63, 3.8) is 0 Å². The molecule has 0 saturated carbocycles. The van der Waals surface area contributed by atoms with E-state index in [4.69, 9.17) is 9.47 Å². The van der Waals surface area contributed by atoms with Gasteiger partial charge in [0, 0.05) is 11.8 Å². The van der Waals surface area contributed by atoms with E-state index < -0.39 is 0 Å². The number of carbonyl (C=O) groups is 1. The molecule has 1 aromatic carbocycles. The maximum Gasteiger partial charge on any atom is 0.305 e. The van der Waals surface area contributed by atoms with Gasteiger partial charge in [-0.05, 0) is 17.7 Å². The fourth-order valence-corrected chi connectivity index (χ4v) is 1.49. The van der Waals surface area contributed by atoms with Crippen LogP contribution in [0.15, 0.2) is 42.3 Å². The number of hydrogen-bond donors (Lipinski definition) is 0. The van der Waals surface area contributed by atoms with Gasteiger partial charge in [-0.1, -0.05) is 52.1 Å². The second kappa shape index (κ2) is 6.97. The van der Waals surface area contributed by atoms with Crippen LogP contribution in [0.25, 0.3) is 0 Å². The number of allylic oxidation sites excluding steroid dienone is 1. The fourth-order valence-electron chi connectivity index (χ4n) is 1.49. The quantitative estimate of drug-likeness (QED) is 0.458. The predicted molar refractivity (Wildman–Crippen MR) is 79.3 cm³/mol. The average molecular weight is 274 g/mol. The molecular weight excluding hydrogens is 252 g/mol. The van der Waals surface area contributed by atoms with Crippen LogP contribution < -0.4 is 4.74 Å². The van der Waals surface area contributed by atoms with Crippen LogP contribution in [0.1, 0.15) is 39.7 Å². The first-order valence-electron chi connectivity index (χ1n) is 6.69. The van der Waals surface area contributed by atoms with Crippen LogP contribution in [-0.4, -0.2) is 5.97 Å². The van der Waals surface area contributed by atoms with Crippen LogP contribution >= 0.6 is 0 Å². The van der Waals surface area contributed by atoms with E-state index in [0.717, 1.165) is 11.3 Å². The molecule has 0 aliphatic heterocycles. The van der Waals surface area contributed by atoms with E-state index in [2.05, 4.69) is 12.3 Å². The smallest absolute Gasteiger partial charge is 0.305 e. The maximum atomic E-state index is 11.1. The molecule has 108 valence electrons. The van der Waals surface area contributed by atoms with Crippen LogP contribution in [0.2, 0.25) is 0 Å². The largest absolute Gasteiger partial charge is 0.461 e. The van der Waals surface area contributed by atoms with E-state index in [-0.39, 0.29) is 18.0 Å². The summed E-state index contributed by atoms with van der Waals surface area (Å²) in [5.74, 6) is 1.22.